The Balaban J connectivity index is 1.89. The number of halogens is 1. The zero-order valence-electron chi connectivity index (χ0n) is 18.1. The lowest BCUT2D eigenvalue weighted by Crippen LogP contribution is -2.42. The van der Waals surface area contributed by atoms with Crippen molar-refractivity contribution in [2.45, 2.75) is 51.6 Å². The van der Waals surface area contributed by atoms with Gasteiger partial charge in [0.2, 0.25) is 0 Å². The van der Waals surface area contributed by atoms with Crippen LogP contribution in [0.3, 0.4) is 0 Å². The molecule has 1 aliphatic rings. The summed E-state index contributed by atoms with van der Waals surface area (Å²) >= 11 is 3.70. The molecule has 2 aromatic carbocycles. The lowest BCUT2D eigenvalue weighted by molar-refractivity contribution is 0.208. The zero-order valence-corrected chi connectivity index (χ0v) is 20.7. The Bertz CT molecular complexity index is 859. The summed E-state index contributed by atoms with van der Waals surface area (Å²) in [5, 5.41) is 4.44. The quantitative estimate of drug-likeness (QED) is 0.341. The molecule has 3 rings (SSSR count). The monoisotopic (exact) mass is 473 g/mol. The Morgan fingerprint density at radius 1 is 1.10 bits per heavy atom. The van der Waals surface area contributed by atoms with Gasteiger partial charge < -0.3 is 14.5 Å². The summed E-state index contributed by atoms with van der Waals surface area (Å²) in [6, 6.07) is 14.5. The zero-order chi connectivity index (χ0) is 21.1. The Hall–Kier alpha value is -1.56. The van der Waals surface area contributed by atoms with Crippen molar-refractivity contribution in [1.29, 1.82) is 0 Å². The molecule has 0 spiro atoms. The molecule has 0 fully saturated rings. The van der Waals surface area contributed by atoms with Crippen molar-refractivity contribution < 1.29 is 9.16 Å². The van der Waals surface area contributed by atoms with Gasteiger partial charge in [0, 0.05) is 17.4 Å². The van der Waals surface area contributed by atoms with E-state index in [9.17, 15) is 0 Å². The highest BCUT2D eigenvalue weighted by Crippen LogP contribution is 2.43. The first kappa shape index (κ1) is 22.1. The fraction of sp³-hybridized carbons (Fsp3) is 0.417. The van der Waals surface area contributed by atoms with E-state index in [1.54, 1.807) is 0 Å². The summed E-state index contributed by atoms with van der Waals surface area (Å²) in [5.74, 6) is 0.887. The number of hydrogen-bond acceptors (Lipinski definition) is 3. The molecule has 0 aromatic heterocycles. The molecule has 1 N–H and O–H groups in total. The van der Waals surface area contributed by atoms with E-state index in [-0.39, 0.29) is 11.1 Å². The van der Waals surface area contributed by atoms with Crippen LogP contribution in [0.15, 0.2) is 48.5 Å². The molecule has 0 saturated heterocycles. The predicted molar refractivity (Wildman–Crippen MR) is 130 cm³/mol. The number of benzene rings is 2. The Morgan fingerprint density at radius 2 is 1.83 bits per heavy atom. The van der Waals surface area contributed by atoms with E-state index in [4.69, 9.17) is 9.16 Å². The normalized spacial score (nSPS) is 14.8. The summed E-state index contributed by atoms with van der Waals surface area (Å²) in [6.45, 7) is 12.8. The summed E-state index contributed by atoms with van der Waals surface area (Å²) in [4.78, 5) is 0. The number of nitrogens with one attached hydrogen (secondary N) is 1. The van der Waals surface area contributed by atoms with Crippen molar-refractivity contribution in [3.63, 3.8) is 0 Å². The van der Waals surface area contributed by atoms with Crippen molar-refractivity contribution in [3.8, 4) is 5.75 Å². The standard InChI is InChI=1S/C24H32BrNO2Si/c1-24(2,3)29(4,5)28-22(16-25)19-13-14-21(23-20(19)12-9-15-26-23)27-17-18-10-7-6-8-11-18/h6-14,22,26H,15-17H2,1-5H3/t22-/m0/s1. The van der Waals surface area contributed by atoms with E-state index in [0.717, 1.165) is 28.9 Å². The second-order valence-electron chi connectivity index (χ2n) is 9.02. The molecule has 0 aliphatic carbocycles. The molecule has 0 saturated carbocycles. The van der Waals surface area contributed by atoms with Crippen LogP contribution in [0.5, 0.6) is 5.75 Å². The van der Waals surface area contributed by atoms with Crippen LogP contribution in [0.4, 0.5) is 5.69 Å². The average Bonchev–Trinajstić information content (AvgIpc) is 2.70. The van der Waals surface area contributed by atoms with E-state index in [2.05, 4.69) is 91.5 Å². The molecule has 0 bridgehead atoms. The maximum Gasteiger partial charge on any atom is 0.192 e. The third-order valence-corrected chi connectivity index (χ3v) is 11.0. The number of alkyl halides is 1. The molecule has 3 nitrogen and oxygen atoms in total. The van der Waals surface area contributed by atoms with Gasteiger partial charge in [-0.25, -0.2) is 0 Å². The van der Waals surface area contributed by atoms with Crippen LogP contribution in [0.25, 0.3) is 6.08 Å². The molecular weight excluding hydrogens is 442 g/mol. The van der Waals surface area contributed by atoms with Gasteiger partial charge in [-0.05, 0) is 35.3 Å². The van der Waals surface area contributed by atoms with Crippen LogP contribution in [0.1, 0.15) is 43.6 Å². The second kappa shape index (κ2) is 9.07. The number of ether oxygens (including phenoxy) is 1. The minimum atomic E-state index is -1.90. The van der Waals surface area contributed by atoms with Crippen LogP contribution in [0, 0.1) is 0 Å². The van der Waals surface area contributed by atoms with Gasteiger partial charge in [0.1, 0.15) is 12.4 Å². The van der Waals surface area contributed by atoms with Crippen LogP contribution in [-0.2, 0) is 11.0 Å². The molecule has 2 aromatic rings. The lowest BCUT2D eigenvalue weighted by Gasteiger charge is -2.39. The van der Waals surface area contributed by atoms with Gasteiger partial charge >= 0.3 is 0 Å². The van der Waals surface area contributed by atoms with Gasteiger partial charge in [-0.1, -0.05) is 85.3 Å². The minimum absolute atomic E-state index is 0.0114. The van der Waals surface area contributed by atoms with E-state index in [0.29, 0.717) is 6.61 Å². The smallest absolute Gasteiger partial charge is 0.192 e. The molecule has 1 aliphatic heterocycles. The van der Waals surface area contributed by atoms with Gasteiger partial charge in [-0.2, -0.15) is 0 Å². The molecule has 29 heavy (non-hydrogen) atoms. The fourth-order valence-corrected chi connectivity index (χ4v) is 5.16. The highest BCUT2D eigenvalue weighted by atomic mass is 79.9. The minimum Gasteiger partial charge on any atom is -0.487 e. The lowest BCUT2D eigenvalue weighted by atomic mass is 9.98. The maximum absolute atomic E-state index is 6.76. The number of hydrogen-bond donors (Lipinski definition) is 1. The fourth-order valence-electron chi connectivity index (χ4n) is 3.16. The summed E-state index contributed by atoms with van der Waals surface area (Å²) in [7, 11) is -1.90. The maximum atomic E-state index is 6.76. The molecule has 1 heterocycles. The van der Waals surface area contributed by atoms with Crippen LogP contribution in [0.2, 0.25) is 18.1 Å². The van der Waals surface area contributed by atoms with Crippen molar-refractivity contribution in [3.05, 3.63) is 65.2 Å². The summed E-state index contributed by atoms with van der Waals surface area (Å²) in [5.41, 5.74) is 4.60. The highest BCUT2D eigenvalue weighted by Gasteiger charge is 2.39. The molecule has 1 atom stereocenters. The first-order valence-electron chi connectivity index (χ1n) is 10.2. The van der Waals surface area contributed by atoms with Crippen LogP contribution >= 0.6 is 15.9 Å². The van der Waals surface area contributed by atoms with Gasteiger partial charge in [0.05, 0.1) is 11.8 Å². The SMILES string of the molecule is CC(C)(C)[Si](C)(C)O[C@@H](CBr)c1ccc(OCc2ccccc2)c2c1C=CCN2. The molecule has 0 radical (unpaired) electrons. The van der Waals surface area contributed by atoms with Crippen molar-refractivity contribution in [1.82, 2.24) is 0 Å². The number of anilines is 1. The molecular formula is C24H32BrNO2Si. The van der Waals surface area contributed by atoms with E-state index >= 15 is 0 Å². The van der Waals surface area contributed by atoms with Gasteiger partial charge in [-0.3, -0.25) is 0 Å². The first-order valence-corrected chi connectivity index (χ1v) is 14.2. The van der Waals surface area contributed by atoms with Crippen molar-refractivity contribution >= 4 is 36.0 Å². The average molecular weight is 475 g/mol. The second-order valence-corrected chi connectivity index (χ2v) is 14.4. The third kappa shape index (κ3) is 5.14. The third-order valence-electron chi connectivity index (χ3n) is 5.89. The molecule has 156 valence electrons. The van der Waals surface area contributed by atoms with Crippen LogP contribution in [-0.4, -0.2) is 20.2 Å². The van der Waals surface area contributed by atoms with Gasteiger partial charge in [-0.15, -0.1) is 0 Å². The van der Waals surface area contributed by atoms with Gasteiger partial charge in [0.25, 0.3) is 0 Å². The molecule has 5 heteroatoms. The van der Waals surface area contributed by atoms with E-state index < -0.39 is 8.32 Å². The van der Waals surface area contributed by atoms with Crippen LogP contribution < -0.4 is 10.1 Å². The Morgan fingerprint density at radius 3 is 2.48 bits per heavy atom. The number of fused-ring (bicyclic) bond motifs is 1. The van der Waals surface area contributed by atoms with Crippen molar-refractivity contribution in [2.24, 2.45) is 0 Å². The molecule has 0 unspecified atom stereocenters. The predicted octanol–water partition coefficient (Wildman–Crippen LogP) is 7.16. The number of rotatable bonds is 7. The van der Waals surface area contributed by atoms with Gasteiger partial charge in [0.15, 0.2) is 8.32 Å². The van der Waals surface area contributed by atoms with E-state index in [1.807, 2.05) is 18.2 Å². The topological polar surface area (TPSA) is 30.5 Å². The molecule has 0 amide bonds. The van der Waals surface area contributed by atoms with E-state index in [1.165, 1.54) is 11.1 Å². The summed E-state index contributed by atoms with van der Waals surface area (Å²) in [6.07, 6.45) is 4.36. The van der Waals surface area contributed by atoms with Crippen molar-refractivity contribution in [2.75, 3.05) is 17.2 Å². The first-order chi connectivity index (χ1) is 13.7. The Labute approximate surface area is 184 Å². The highest BCUT2D eigenvalue weighted by molar-refractivity contribution is 9.09. The summed E-state index contributed by atoms with van der Waals surface area (Å²) < 4.78 is 12.9. The Kier molecular flexibility index (Phi) is 6.92. The largest absolute Gasteiger partial charge is 0.487 e.